The molecule has 0 amide bonds. The van der Waals surface area contributed by atoms with Gasteiger partial charge in [0.25, 0.3) is 0 Å². The zero-order valence-corrected chi connectivity index (χ0v) is 14.3. The minimum Gasteiger partial charge on any atom is -0.497 e. The standard InChI is InChI=1S/C14H19BrN2O3S/c1-20-13-6-10(15)7-14(8-13)21(18,19)17-5-4-11-2-3-12(9-17)16-11/h6-8,11-12,16H,2-5,9H2,1H3. The molecule has 2 saturated heterocycles. The first-order valence-electron chi connectivity index (χ1n) is 7.10. The molecule has 21 heavy (non-hydrogen) atoms. The lowest BCUT2D eigenvalue weighted by atomic mass is 10.1. The molecule has 7 heteroatoms. The minimum atomic E-state index is -3.48. The predicted molar refractivity (Wildman–Crippen MR) is 84.0 cm³/mol. The van der Waals surface area contributed by atoms with Crippen LogP contribution in [0.5, 0.6) is 5.75 Å². The first-order chi connectivity index (χ1) is 9.99. The van der Waals surface area contributed by atoms with Crippen molar-refractivity contribution in [2.24, 2.45) is 0 Å². The molecule has 3 rings (SSSR count). The summed E-state index contributed by atoms with van der Waals surface area (Å²) in [5.74, 6) is 0.539. The smallest absolute Gasteiger partial charge is 0.243 e. The second-order valence-corrected chi connectivity index (χ2v) is 8.47. The molecule has 2 aliphatic rings. The average molecular weight is 375 g/mol. The molecule has 1 aromatic rings. The first kappa shape index (κ1) is 15.3. The molecule has 2 unspecified atom stereocenters. The van der Waals surface area contributed by atoms with Gasteiger partial charge < -0.3 is 10.1 Å². The van der Waals surface area contributed by atoms with E-state index in [4.69, 9.17) is 4.74 Å². The third kappa shape index (κ3) is 3.11. The maximum atomic E-state index is 12.9. The Kier molecular flexibility index (Phi) is 4.27. The number of hydrogen-bond donors (Lipinski definition) is 1. The Bertz CT molecular complexity index is 635. The summed E-state index contributed by atoms with van der Waals surface area (Å²) in [7, 11) is -1.94. The molecule has 5 nitrogen and oxygen atoms in total. The zero-order valence-electron chi connectivity index (χ0n) is 11.9. The molecule has 2 heterocycles. The van der Waals surface area contributed by atoms with Crippen molar-refractivity contribution in [1.82, 2.24) is 9.62 Å². The van der Waals surface area contributed by atoms with E-state index in [-0.39, 0.29) is 10.9 Å². The SMILES string of the molecule is COc1cc(Br)cc(S(=O)(=O)N2CCC3CCC(C2)N3)c1. The highest BCUT2D eigenvalue weighted by molar-refractivity contribution is 9.10. The third-order valence-electron chi connectivity index (χ3n) is 4.20. The quantitative estimate of drug-likeness (QED) is 0.878. The molecule has 2 bridgehead atoms. The van der Waals surface area contributed by atoms with E-state index in [9.17, 15) is 8.42 Å². The number of halogens is 1. The molecule has 0 aliphatic carbocycles. The van der Waals surface area contributed by atoms with Crippen molar-refractivity contribution in [3.8, 4) is 5.75 Å². The van der Waals surface area contributed by atoms with Crippen molar-refractivity contribution in [1.29, 1.82) is 0 Å². The molecule has 0 spiro atoms. The highest BCUT2D eigenvalue weighted by Gasteiger charge is 2.35. The van der Waals surface area contributed by atoms with Crippen LogP contribution in [0.1, 0.15) is 19.3 Å². The maximum absolute atomic E-state index is 12.9. The van der Waals surface area contributed by atoms with E-state index in [0.717, 1.165) is 19.3 Å². The summed E-state index contributed by atoms with van der Waals surface area (Å²) in [6.07, 6.45) is 3.09. The predicted octanol–water partition coefficient (Wildman–Crippen LogP) is 1.97. The summed E-state index contributed by atoms with van der Waals surface area (Å²) in [5.41, 5.74) is 0. The van der Waals surface area contributed by atoms with E-state index in [2.05, 4.69) is 21.2 Å². The Hall–Kier alpha value is -0.630. The van der Waals surface area contributed by atoms with Gasteiger partial charge >= 0.3 is 0 Å². The summed E-state index contributed by atoms with van der Waals surface area (Å²) in [4.78, 5) is 0.284. The van der Waals surface area contributed by atoms with E-state index in [1.54, 1.807) is 22.5 Å². The Morgan fingerprint density at radius 3 is 2.76 bits per heavy atom. The van der Waals surface area contributed by atoms with E-state index >= 15 is 0 Å². The van der Waals surface area contributed by atoms with Crippen molar-refractivity contribution >= 4 is 26.0 Å². The number of fused-ring (bicyclic) bond motifs is 2. The second kappa shape index (κ2) is 5.87. The van der Waals surface area contributed by atoms with E-state index in [0.29, 0.717) is 29.4 Å². The monoisotopic (exact) mass is 374 g/mol. The lowest BCUT2D eigenvalue weighted by Crippen LogP contribution is -2.39. The van der Waals surface area contributed by atoms with E-state index in [1.807, 2.05) is 0 Å². The second-order valence-electron chi connectivity index (χ2n) is 5.62. The number of nitrogens with one attached hydrogen (secondary N) is 1. The number of benzene rings is 1. The van der Waals surface area contributed by atoms with Gasteiger partial charge in [-0.05, 0) is 31.4 Å². The van der Waals surface area contributed by atoms with Gasteiger partial charge in [0.2, 0.25) is 10.0 Å². The van der Waals surface area contributed by atoms with Gasteiger partial charge in [0, 0.05) is 35.7 Å². The van der Waals surface area contributed by atoms with Gasteiger partial charge in [-0.15, -0.1) is 0 Å². The van der Waals surface area contributed by atoms with Crippen LogP contribution in [0.3, 0.4) is 0 Å². The van der Waals surface area contributed by atoms with Crippen LogP contribution < -0.4 is 10.1 Å². The third-order valence-corrected chi connectivity index (χ3v) is 6.51. The minimum absolute atomic E-state index is 0.279. The van der Waals surface area contributed by atoms with Crippen molar-refractivity contribution in [2.75, 3.05) is 20.2 Å². The highest BCUT2D eigenvalue weighted by atomic mass is 79.9. The number of sulfonamides is 1. The lowest BCUT2D eigenvalue weighted by molar-refractivity contribution is 0.382. The van der Waals surface area contributed by atoms with Gasteiger partial charge in [-0.1, -0.05) is 15.9 Å². The number of ether oxygens (including phenoxy) is 1. The number of nitrogens with zero attached hydrogens (tertiary/aromatic N) is 1. The van der Waals surface area contributed by atoms with Crippen LogP contribution in [0.25, 0.3) is 0 Å². The molecule has 0 radical (unpaired) electrons. The van der Waals surface area contributed by atoms with Crippen molar-refractivity contribution < 1.29 is 13.2 Å². The summed E-state index contributed by atoms with van der Waals surface area (Å²) in [5, 5.41) is 3.50. The molecular weight excluding hydrogens is 356 g/mol. The van der Waals surface area contributed by atoms with E-state index < -0.39 is 10.0 Å². The largest absolute Gasteiger partial charge is 0.497 e. The molecule has 0 aromatic heterocycles. The normalized spacial score (nSPS) is 26.6. The van der Waals surface area contributed by atoms with Crippen LogP contribution >= 0.6 is 15.9 Å². The van der Waals surface area contributed by atoms with Crippen LogP contribution in [0.2, 0.25) is 0 Å². The van der Waals surface area contributed by atoms with Crippen molar-refractivity contribution in [2.45, 2.75) is 36.2 Å². The summed E-state index contributed by atoms with van der Waals surface area (Å²) < 4.78 is 33.2. The number of methoxy groups -OCH3 is 1. The summed E-state index contributed by atoms with van der Waals surface area (Å²) in [6.45, 7) is 1.12. The maximum Gasteiger partial charge on any atom is 0.243 e. The van der Waals surface area contributed by atoms with Crippen LogP contribution in [0.4, 0.5) is 0 Å². The fourth-order valence-corrected chi connectivity index (χ4v) is 5.27. The van der Waals surface area contributed by atoms with Gasteiger partial charge in [-0.3, -0.25) is 0 Å². The molecule has 1 N–H and O–H groups in total. The van der Waals surface area contributed by atoms with Crippen molar-refractivity contribution in [3.63, 3.8) is 0 Å². The fraction of sp³-hybridized carbons (Fsp3) is 0.571. The topological polar surface area (TPSA) is 58.6 Å². The van der Waals surface area contributed by atoms with Crippen LogP contribution in [-0.4, -0.2) is 45.0 Å². The summed E-state index contributed by atoms with van der Waals surface area (Å²) >= 11 is 3.34. The lowest BCUT2D eigenvalue weighted by Gasteiger charge is -2.24. The molecule has 1 aromatic carbocycles. The molecular formula is C14H19BrN2O3S. The molecule has 116 valence electrons. The Morgan fingerprint density at radius 1 is 1.24 bits per heavy atom. The van der Waals surface area contributed by atoms with Crippen LogP contribution in [0, 0.1) is 0 Å². The zero-order chi connectivity index (χ0) is 15.0. The van der Waals surface area contributed by atoms with E-state index in [1.165, 1.54) is 7.11 Å². The Morgan fingerprint density at radius 2 is 2.00 bits per heavy atom. The Labute approximate surface area is 133 Å². The number of rotatable bonds is 3. The molecule has 0 saturated carbocycles. The van der Waals surface area contributed by atoms with Gasteiger partial charge in [0.15, 0.2) is 0 Å². The average Bonchev–Trinajstić information content (AvgIpc) is 2.76. The fourth-order valence-electron chi connectivity index (χ4n) is 3.08. The van der Waals surface area contributed by atoms with Gasteiger partial charge in [0.05, 0.1) is 12.0 Å². The summed E-state index contributed by atoms with van der Waals surface area (Å²) in [6, 6.07) is 5.71. The molecule has 2 aliphatic heterocycles. The molecule has 2 fully saturated rings. The van der Waals surface area contributed by atoms with Gasteiger partial charge in [0.1, 0.15) is 5.75 Å². The van der Waals surface area contributed by atoms with Crippen LogP contribution in [-0.2, 0) is 10.0 Å². The van der Waals surface area contributed by atoms with Gasteiger partial charge in [-0.2, -0.15) is 4.31 Å². The molecule has 2 atom stereocenters. The van der Waals surface area contributed by atoms with Gasteiger partial charge in [-0.25, -0.2) is 8.42 Å². The first-order valence-corrected chi connectivity index (χ1v) is 9.33. The van der Waals surface area contributed by atoms with Crippen molar-refractivity contribution in [3.05, 3.63) is 22.7 Å². The van der Waals surface area contributed by atoms with Crippen LogP contribution in [0.15, 0.2) is 27.6 Å². The highest BCUT2D eigenvalue weighted by Crippen LogP contribution is 2.29. The Balaban J connectivity index is 1.91. The number of hydrogen-bond acceptors (Lipinski definition) is 4.